The summed E-state index contributed by atoms with van der Waals surface area (Å²) in [5, 5.41) is 20.1. The number of nitro groups is 1. The number of ether oxygens (including phenoxy) is 1. The number of carbonyl (C=O) groups is 1. The first-order valence-corrected chi connectivity index (χ1v) is 5.97. The molecule has 9 heteroatoms. The molecule has 1 aliphatic rings. The SMILES string of the molecule is COc1cc(C(=O)O)cc([N+](=O)[O-])c1N1CCC(F)(F)C1. The summed E-state index contributed by atoms with van der Waals surface area (Å²) in [6.07, 6.45) is -0.423. The van der Waals surface area contributed by atoms with Crippen molar-refractivity contribution in [2.45, 2.75) is 12.3 Å². The lowest BCUT2D eigenvalue weighted by Crippen LogP contribution is -2.26. The molecular formula is C12H12F2N2O5. The van der Waals surface area contributed by atoms with E-state index in [1.165, 1.54) is 7.11 Å². The summed E-state index contributed by atoms with van der Waals surface area (Å²) in [7, 11) is 1.20. The third-order valence-corrected chi connectivity index (χ3v) is 3.20. The predicted molar refractivity (Wildman–Crippen MR) is 68.4 cm³/mol. The summed E-state index contributed by atoms with van der Waals surface area (Å²) < 4.78 is 31.6. The molecule has 1 heterocycles. The molecular weight excluding hydrogens is 290 g/mol. The van der Waals surface area contributed by atoms with Gasteiger partial charge >= 0.3 is 5.97 Å². The number of nitro benzene ring substituents is 1. The Hall–Kier alpha value is -2.45. The Balaban J connectivity index is 2.58. The van der Waals surface area contributed by atoms with Crippen LogP contribution in [0.15, 0.2) is 12.1 Å². The number of halogens is 2. The molecule has 2 rings (SSSR count). The molecule has 0 amide bonds. The first-order valence-electron chi connectivity index (χ1n) is 5.97. The Bertz CT molecular complexity index is 606. The van der Waals surface area contributed by atoms with Gasteiger partial charge in [0.2, 0.25) is 0 Å². The van der Waals surface area contributed by atoms with Gasteiger partial charge in [-0.05, 0) is 6.07 Å². The Morgan fingerprint density at radius 2 is 2.19 bits per heavy atom. The quantitative estimate of drug-likeness (QED) is 0.676. The van der Waals surface area contributed by atoms with Gasteiger partial charge in [0.25, 0.3) is 11.6 Å². The van der Waals surface area contributed by atoms with E-state index in [1.807, 2.05) is 0 Å². The Labute approximate surface area is 117 Å². The fourth-order valence-electron chi connectivity index (χ4n) is 2.26. The van der Waals surface area contributed by atoms with Gasteiger partial charge in [-0.2, -0.15) is 0 Å². The number of alkyl halides is 2. The number of anilines is 1. The van der Waals surface area contributed by atoms with Crippen LogP contribution in [0.5, 0.6) is 5.75 Å². The lowest BCUT2D eigenvalue weighted by atomic mass is 10.1. The van der Waals surface area contributed by atoms with E-state index in [0.717, 1.165) is 17.0 Å². The fourth-order valence-corrected chi connectivity index (χ4v) is 2.26. The van der Waals surface area contributed by atoms with Gasteiger partial charge in [-0.25, -0.2) is 13.6 Å². The summed E-state index contributed by atoms with van der Waals surface area (Å²) in [5.74, 6) is -4.42. The first-order chi connectivity index (χ1) is 9.75. The van der Waals surface area contributed by atoms with Crippen molar-refractivity contribution < 1.29 is 28.3 Å². The molecule has 1 aliphatic heterocycles. The number of benzene rings is 1. The van der Waals surface area contributed by atoms with Crippen molar-refractivity contribution in [1.29, 1.82) is 0 Å². The van der Waals surface area contributed by atoms with Crippen LogP contribution in [-0.4, -0.2) is 42.1 Å². The molecule has 0 aromatic heterocycles. The normalized spacial score (nSPS) is 16.8. The summed E-state index contributed by atoms with van der Waals surface area (Å²) in [6, 6.07) is 1.93. The zero-order valence-corrected chi connectivity index (χ0v) is 11.0. The van der Waals surface area contributed by atoms with E-state index < -0.39 is 35.5 Å². The molecule has 0 unspecified atom stereocenters. The number of aromatic carboxylic acids is 1. The Kier molecular flexibility index (Phi) is 3.67. The maximum Gasteiger partial charge on any atom is 0.336 e. The largest absolute Gasteiger partial charge is 0.494 e. The lowest BCUT2D eigenvalue weighted by molar-refractivity contribution is -0.384. The summed E-state index contributed by atoms with van der Waals surface area (Å²) >= 11 is 0. The Morgan fingerprint density at radius 1 is 1.52 bits per heavy atom. The highest BCUT2D eigenvalue weighted by Crippen LogP contribution is 2.42. The van der Waals surface area contributed by atoms with Crippen LogP contribution < -0.4 is 9.64 Å². The van der Waals surface area contributed by atoms with Crippen molar-refractivity contribution in [2.75, 3.05) is 25.1 Å². The van der Waals surface area contributed by atoms with Gasteiger partial charge in [-0.3, -0.25) is 10.1 Å². The lowest BCUT2D eigenvalue weighted by Gasteiger charge is -2.21. The minimum Gasteiger partial charge on any atom is -0.494 e. The Morgan fingerprint density at radius 3 is 2.62 bits per heavy atom. The minimum absolute atomic E-state index is 0.0728. The van der Waals surface area contributed by atoms with E-state index in [4.69, 9.17) is 9.84 Å². The molecule has 1 fully saturated rings. The molecule has 1 saturated heterocycles. The third-order valence-electron chi connectivity index (χ3n) is 3.20. The second kappa shape index (κ2) is 5.15. The van der Waals surface area contributed by atoms with Crippen LogP contribution in [-0.2, 0) is 0 Å². The standard InChI is InChI=1S/C12H12F2N2O5/c1-21-9-5-7(11(17)18)4-8(16(19)20)10(9)15-3-2-12(13,14)6-15/h4-5H,2-3,6H2,1H3,(H,17,18). The van der Waals surface area contributed by atoms with E-state index >= 15 is 0 Å². The molecule has 21 heavy (non-hydrogen) atoms. The number of carboxylic acids is 1. The highest BCUT2D eigenvalue weighted by Gasteiger charge is 2.41. The number of carboxylic acid groups (broad SMARTS) is 1. The predicted octanol–water partition coefficient (Wildman–Crippen LogP) is 2.15. The second-order valence-corrected chi connectivity index (χ2v) is 4.64. The van der Waals surface area contributed by atoms with Gasteiger partial charge < -0.3 is 14.7 Å². The van der Waals surface area contributed by atoms with Crippen molar-refractivity contribution in [3.8, 4) is 5.75 Å². The third kappa shape index (κ3) is 2.86. The van der Waals surface area contributed by atoms with E-state index in [-0.39, 0.29) is 23.5 Å². The first kappa shape index (κ1) is 14.9. The maximum absolute atomic E-state index is 13.3. The maximum atomic E-state index is 13.3. The van der Waals surface area contributed by atoms with E-state index in [9.17, 15) is 23.7 Å². The van der Waals surface area contributed by atoms with Gasteiger partial charge in [-0.1, -0.05) is 0 Å². The van der Waals surface area contributed by atoms with Gasteiger partial charge in [0.1, 0.15) is 5.75 Å². The number of methoxy groups -OCH3 is 1. The molecule has 1 aromatic rings. The molecule has 0 atom stereocenters. The van der Waals surface area contributed by atoms with E-state index in [0.29, 0.717) is 0 Å². The summed E-state index contributed by atoms with van der Waals surface area (Å²) in [4.78, 5) is 22.4. The molecule has 7 nitrogen and oxygen atoms in total. The fraction of sp³-hybridized carbons (Fsp3) is 0.417. The molecule has 0 radical (unpaired) electrons. The second-order valence-electron chi connectivity index (χ2n) is 4.64. The van der Waals surface area contributed by atoms with E-state index in [1.54, 1.807) is 0 Å². The average molecular weight is 302 g/mol. The van der Waals surface area contributed by atoms with Crippen LogP contribution in [0.3, 0.4) is 0 Å². The van der Waals surface area contributed by atoms with Gasteiger partial charge in [0.05, 0.1) is 24.1 Å². The van der Waals surface area contributed by atoms with Crippen molar-refractivity contribution in [3.63, 3.8) is 0 Å². The van der Waals surface area contributed by atoms with Gasteiger partial charge in [0.15, 0.2) is 5.69 Å². The topological polar surface area (TPSA) is 92.9 Å². The summed E-state index contributed by atoms with van der Waals surface area (Å²) in [6.45, 7) is -0.743. The van der Waals surface area contributed by atoms with E-state index in [2.05, 4.69) is 0 Å². The zero-order chi connectivity index (χ0) is 15.8. The molecule has 1 N–H and O–H groups in total. The van der Waals surface area contributed by atoms with Crippen molar-refractivity contribution >= 4 is 17.3 Å². The van der Waals surface area contributed by atoms with Crippen molar-refractivity contribution in [1.82, 2.24) is 0 Å². The van der Waals surface area contributed by atoms with Crippen LogP contribution in [0.1, 0.15) is 16.8 Å². The van der Waals surface area contributed by atoms with Gasteiger partial charge in [-0.15, -0.1) is 0 Å². The minimum atomic E-state index is -2.94. The van der Waals surface area contributed by atoms with Crippen LogP contribution in [0, 0.1) is 10.1 Å². The van der Waals surface area contributed by atoms with Crippen LogP contribution in [0.4, 0.5) is 20.2 Å². The molecule has 0 saturated carbocycles. The smallest absolute Gasteiger partial charge is 0.336 e. The zero-order valence-electron chi connectivity index (χ0n) is 11.0. The molecule has 114 valence electrons. The molecule has 0 aliphatic carbocycles. The number of nitrogens with zero attached hydrogens (tertiary/aromatic N) is 2. The molecule has 0 bridgehead atoms. The monoisotopic (exact) mass is 302 g/mol. The van der Waals surface area contributed by atoms with Crippen molar-refractivity contribution in [2.24, 2.45) is 0 Å². The van der Waals surface area contributed by atoms with Crippen LogP contribution >= 0.6 is 0 Å². The number of hydrogen-bond acceptors (Lipinski definition) is 5. The number of hydrogen-bond donors (Lipinski definition) is 1. The van der Waals surface area contributed by atoms with Gasteiger partial charge in [0, 0.05) is 19.0 Å². The molecule has 0 spiro atoms. The average Bonchev–Trinajstić information content (AvgIpc) is 2.76. The van der Waals surface area contributed by atoms with Crippen molar-refractivity contribution in [3.05, 3.63) is 27.8 Å². The highest BCUT2D eigenvalue weighted by molar-refractivity contribution is 5.91. The molecule has 1 aromatic carbocycles. The van der Waals surface area contributed by atoms with Crippen LogP contribution in [0.25, 0.3) is 0 Å². The highest BCUT2D eigenvalue weighted by atomic mass is 19.3. The number of rotatable bonds is 4. The van der Waals surface area contributed by atoms with Crippen LogP contribution in [0.2, 0.25) is 0 Å². The summed E-state index contributed by atoms with van der Waals surface area (Å²) in [5.41, 5.74) is -1.03.